The molecule has 3 aromatic heterocycles. The molecular weight excluding hydrogens is 404 g/mol. The number of imidazole rings is 1. The molecule has 0 spiro atoms. The molecule has 0 saturated heterocycles. The minimum atomic E-state index is -2.52. The second-order valence-electron chi connectivity index (χ2n) is 6.05. The zero-order chi connectivity index (χ0) is 20.4. The molecule has 8 nitrogen and oxygen atoms in total. The molecule has 0 bridgehead atoms. The highest BCUT2D eigenvalue weighted by atomic mass is 35.5. The lowest BCUT2D eigenvalue weighted by Crippen LogP contribution is -2.08. The van der Waals surface area contributed by atoms with E-state index in [1.165, 1.54) is 18.5 Å². The van der Waals surface area contributed by atoms with Crippen LogP contribution in [0.5, 0.6) is 5.88 Å². The van der Waals surface area contributed by atoms with E-state index in [9.17, 15) is 8.78 Å². The standard InChI is InChI=1S/C18H14ClF2N7O/c1-11-14(28(26-23-11)13-4-2-12(3-5-13)18(20)21)9-29-17-7-6-16(24-25-17)27-8-15(19)22-10-27/h2-8,10,18H,9H2,1H3. The van der Waals surface area contributed by atoms with Gasteiger partial charge in [-0.2, -0.15) is 0 Å². The number of alkyl halides is 2. The largest absolute Gasteiger partial charge is 0.470 e. The van der Waals surface area contributed by atoms with Gasteiger partial charge in [-0.25, -0.2) is 18.4 Å². The van der Waals surface area contributed by atoms with Gasteiger partial charge in [0.2, 0.25) is 5.88 Å². The summed E-state index contributed by atoms with van der Waals surface area (Å²) in [7, 11) is 0. The molecule has 148 valence electrons. The minimum Gasteiger partial charge on any atom is -0.470 e. The third-order valence-corrected chi connectivity index (χ3v) is 4.34. The van der Waals surface area contributed by atoms with Crippen LogP contribution in [0.15, 0.2) is 48.9 Å². The van der Waals surface area contributed by atoms with Crippen molar-refractivity contribution in [2.75, 3.05) is 0 Å². The first kappa shape index (κ1) is 18.9. The van der Waals surface area contributed by atoms with Gasteiger partial charge in [0.1, 0.15) is 23.8 Å². The molecule has 11 heteroatoms. The molecule has 0 amide bonds. The number of hydrogen-bond acceptors (Lipinski definition) is 6. The Kier molecular flexibility index (Phi) is 5.17. The van der Waals surface area contributed by atoms with E-state index in [1.807, 2.05) is 0 Å². The molecule has 4 aromatic rings. The van der Waals surface area contributed by atoms with E-state index in [-0.39, 0.29) is 12.2 Å². The van der Waals surface area contributed by atoms with Crippen LogP contribution in [0.1, 0.15) is 23.4 Å². The number of ether oxygens (including phenoxy) is 1. The summed E-state index contributed by atoms with van der Waals surface area (Å²) in [6, 6.07) is 9.21. The maximum atomic E-state index is 12.8. The molecular formula is C18H14ClF2N7O. The number of nitrogens with zero attached hydrogens (tertiary/aromatic N) is 7. The first-order chi connectivity index (χ1) is 14.0. The monoisotopic (exact) mass is 417 g/mol. The van der Waals surface area contributed by atoms with E-state index < -0.39 is 6.43 Å². The SMILES string of the molecule is Cc1nnn(-c2ccc(C(F)F)cc2)c1COc1ccc(-n2cnc(Cl)c2)nn1. The van der Waals surface area contributed by atoms with E-state index in [0.29, 0.717) is 33.9 Å². The van der Waals surface area contributed by atoms with E-state index >= 15 is 0 Å². The second kappa shape index (κ2) is 7.92. The minimum absolute atomic E-state index is 0.0575. The molecule has 0 aliphatic rings. The fraction of sp³-hybridized carbons (Fsp3) is 0.167. The molecule has 0 saturated carbocycles. The number of benzene rings is 1. The molecule has 29 heavy (non-hydrogen) atoms. The van der Waals surface area contributed by atoms with E-state index in [0.717, 1.165) is 0 Å². The number of aryl methyl sites for hydroxylation is 1. The summed E-state index contributed by atoms with van der Waals surface area (Å²) in [5, 5.41) is 16.6. The van der Waals surface area contributed by atoms with E-state index in [4.69, 9.17) is 16.3 Å². The Morgan fingerprint density at radius 1 is 1.07 bits per heavy atom. The third kappa shape index (κ3) is 4.06. The van der Waals surface area contributed by atoms with E-state index in [2.05, 4.69) is 25.5 Å². The fourth-order valence-electron chi connectivity index (χ4n) is 2.60. The van der Waals surface area contributed by atoms with Crippen LogP contribution >= 0.6 is 11.6 Å². The Balaban J connectivity index is 1.49. The van der Waals surface area contributed by atoms with Crippen LogP contribution in [0, 0.1) is 6.92 Å². The maximum Gasteiger partial charge on any atom is 0.263 e. The van der Waals surface area contributed by atoms with Crippen LogP contribution in [-0.2, 0) is 6.61 Å². The molecule has 0 unspecified atom stereocenters. The summed E-state index contributed by atoms with van der Waals surface area (Å²) in [6.45, 7) is 1.91. The van der Waals surface area contributed by atoms with Gasteiger partial charge in [0.05, 0.1) is 11.4 Å². The summed E-state index contributed by atoms with van der Waals surface area (Å²) in [6.07, 6.45) is 0.614. The summed E-state index contributed by atoms with van der Waals surface area (Å²) in [5.41, 5.74) is 1.87. The van der Waals surface area contributed by atoms with Gasteiger partial charge in [0, 0.05) is 17.8 Å². The third-order valence-electron chi connectivity index (χ3n) is 4.15. The molecule has 3 heterocycles. The highest BCUT2D eigenvalue weighted by Gasteiger charge is 2.14. The highest BCUT2D eigenvalue weighted by molar-refractivity contribution is 6.29. The van der Waals surface area contributed by atoms with Crippen molar-refractivity contribution in [3.8, 4) is 17.4 Å². The van der Waals surface area contributed by atoms with Gasteiger partial charge in [0.15, 0.2) is 5.82 Å². The molecule has 0 N–H and O–H groups in total. The lowest BCUT2D eigenvalue weighted by molar-refractivity contribution is 0.151. The molecule has 0 fully saturated rings. The predicted octanol–water partition coefficient (Wildman–Crippen LogP) is 3.72. The van der Waals surface area contributed by atoms with Gasteiger partial charge in [-0.3, -0.25) is 4.57 Å². The summed E-state index contributed by atoms with van der Waals surface area (Å²) in [4.78, 5) is 3.92. The Bertz CT molecular complexity index is 1110. The van der Waals surface area contributed by atoms with Gasteiger partial charge in [0.25, 0.3) is 6.43 Å². The molecule has 0 radical (unpaired) electrons. The Morgan fingerprint density at radius 2 is 1.86 bits per heavy atom. The highest BCUT2D eigenvalue weighted by Crippen LogP contribution is 2.21. The predicted molar refractivity (Wildman–Crippen MR) is 99.5 cm³/mol. The van der Waals surface area contributed by atoms with Gasteiger partial charge >= 0.3 is 0 Å². The van der Waals surface area contributed by atoms with Gasteiger partial charge < -0.3 is 4.74 Å². The maximum absolute atomic E-state index is 12.8. The van der Waals surface area contributed by atoms with Crippen LogP contribution in [0.2, 0.25) is 5.15 Å². The average molecular weight is 418 g/mol. The Morgan fingerprint density at radius 3 is 2.48 bits per heavy atom. The molecule has 0 aliphatic carbocycles. The van der Waals surface area contributed by atoms with Crippen molar-refractivity contribution in [1.29, 1.82) is 0 Å². The van der Waals surface area contributed by atoms with Crippen molar-refractivity contribution < 1.29 is 13.5 Å². The first-order valence-corrected chi connectivity index (χ1v) is 8.85. The smallest absolute Gasteiger partial charge is 0.263 e. The first-order valence-electron chi connectivity index (χ1n) is 8.47. The zero-order valence-electron chi connectivity index (χ0n) is 15.1. The van der Waals surface area contributed by atoms with Gasteiger partial charge in [-0.1, -0.05) is 28.9 Å². The zero-order valence-corrected chi connectivity index (χ0v) is 15.8. The molecule has 0 aliphatic heterocycles. The molecule has 0 atom stereocenters. The number of rotatable bonds is 6. The van der Waals surface area contributed by atoms with Crippen molar-refractivity contribution in [2.45, 2.75) is 20.0 Å². The molecule has 1 aromatic carbocycles. The van der Waals surface area contributed by atoms with Crippen molar-refractivity contribution in [1.82, 2.24) is 34.7 Å². The summed E-state index contributed by atoms with van der Waals surface area (Å²) >= 11 is 5.80. The quantitative estimate of drug-likeness (QED) is 0.475. The van der Waals surface area contributed by atoms with E-state index in [1.54, 1.807) is 46.6 Å². The fourth-order valence-corrected chi connectivity index (χ4v) is 2.75. The Hall–Kier alpha value is -3.40. The average Bonchev–Trinajstić information content (AvgIpc) is 3.32. The van der Waals surface area contributed by atoms with Crippen LogP contribution in [0.25, 0.3) is 11.5 Å². The normalized spacial score (nSPS) is 11.2. The Labute approximate surface area is 168 Å². The van der Waals surface area contributed by atoms with Crippen molar-refractivity contribution >= 4 is 11.6 Å². The lowest BCUT2D eigenvalue weighted by Gasteiger charge is -2.09. The number of halogens is 3. The lowest BCUT2D eigenvalue weighted by atomic mass is 10.2. The summed E-state index contributed by atoms with van der Waals surface area (Å²) < 4.78 is 34.4. The number of hydrogen-bond donors (Lipinski definition) is 0. The van der Waals surface area contributed by atoms with Gasteiger partial charge in [-0.05, 0) is 25.1 Å². The van der Waals surface area contributed by atoms with Crippen molar-refractivity contribution in [2.24, 2.45) is 0 Å². The van der Waals surface area contributed by atoms with Crippen molar-refractivity contribution in [3.63, 3.8) is 0 Å². The van der Waals surface area contributed by atoms with Crippen LogP contribution < -0.4 is 4.74 Å². The van der Waals surface area contributed by atoms with Crippen molar-refractivity contribution in [3.05, 3.63) is 71.0 Å². The molecule has 4 rings (SSSR count). The van der Waals surface area contributed by atoms with Gasteiger partial charge in [-0.15, -0.1) is 15.3 Å². The number of aromatic nitrogens is 7. The van der Waals surface area contributed by atoms with Crippen LogP contribution in [0.3, 0.4) is 0 Å². The second-order valence-corrected chi connectivity index (χ2v) is 6.43. The topological polar surface area (TPSA) is 83.5 Å². The van der Waals surface area contributed by atoms with Crippen LogP contribution in [-0.4, -0.2) is 34.7 Å². The van der Waals surface area contributed by atoms with Crippen LogP contribution in [0.4, 0.5) is 8.78 Å². The summed E-state index contributed by atoms with van der Waals surface area (Å²) in [5.74, 6) is 0.846.